The Morgan fingerprint density at radius 1 is 0.545 bits per heavy atom. The van der Waals surface area contributed by atoms with E-state index in [1.807, 2.05) is 0 Å². The topological polar surface area (TPSA) is 33.9 Å². The number of aromatic nitrogens is 2. The average molecular weight is 558 g/mol. The van der Waals surface area contributed by atoms with E-state index in [0.717, 1.165) is 44.2 Å². The lowest BCUT2D eigenvalue weighted by Gasteiger charge is -2.21. The highest BCUT2D eigenvalue weighted by Gasteiger charge is 2.23. The number of nitrogens with one attached hydrogen (secondary N) is 1. The van der Waals surface area contributed by atoms with Crippen LogP contribution >= 0.6 is 0 Å². The van der Waals surface area contributed by atoms with Gasteiger partial charge in [0.25, 0.3) is 0 Å². The van der Waals surface area contributed by atoms with E-state index in [-0.39, 0.29) is 0 Å². The zero-order valence-electron chi connectivity index (χ0n) is 25.6. The molecule has 6 aromatic carbocycles. The number of hydrogen-bond donors (Lipinski definition) is 1. The number of fused-ring (bicyclic) bond motifs is 10. The third-order valence-electron chi connectivity index (χ3n) is 10.3. The summed E-state index contributed by atoms with van der Waals surface area (Å²) in [6, 6.07) is 35.1. The lowest BCUT2D eigenvalue weighted by molar-refractivity contribution is 0.670. The maximum Gasteiger partial charge on any atom is 0.143 e. The summed E-state index contributed by atoms with van der Waals surface area (Å²) in [6.45, 7) is 0. The van der Waals surface area contributed by atoms with Gasteiger partial charge in [0.15, 0.2) is 0 Å². The highest BCUT2D eigenvalue weighted by molar-refractivity contribution is 6.68. The van der Waals surface area contributed by atoms with Gasteiger partial charge in [0.1, 0.15) is 50.4 Å². The van der Waals surface area contributed by atoms with Crippen molar-refractivity contribution >= 4 is 132 Å². The smallest absolute Gasteiger partial charge is 0.143 e. The Morgan fingerprint density at radius 2 is 1.18 bits per heavy atom. The Hall–Kier alpha value is -4.96. The second-order valence-electron chi connectivity index (χ2n) is 12.4. The third-order valence-corrected chi connectivity index (χ3v) is 10.3. The molecule has 0 fully saturated rings. The number of benzene rings is 6. The van der Waals surface area contributed by atoms with Gasteiger partial charge in [-0.15, -0.1) is 16.4 Å². The van der Waals surface area contributed by atoms with Crippen molar-refractivity contribution in [2.45, 2.75) is 0 Å². The molecule has 9 aromatic rings. The Bertz CT molecular complexity index is 2650. The molecular formula is C36H27B5N2O. The Morgan fingerprint density at radius 3 is 1.98 bits per heavy atom. The second-order valence-corrected chi connectivity index (χ2v) is 12.4. The lowest BCUT2D eigenvalue weighted by atomic mass is 9.59. The molecule has 202 valence electrons. The van der Waals surface area contributed by atoms with Crippen LogP contribution in [0.4, 0.5) is 0 Å². The van der Waals surface area contributed by atoms with E-state index < -0.39 is 0 Å². The fraction of sp³-hybridized carbons (Fsp3) is 0. The van der Waals surface area contributed by atoms with E-state index in [9.17, 15) is 0 Å². The molecule has 0 aliphatic rings. The molecule has 3 nitrogen and oxygen atoms in total. The van der Waals surface area contributed by atoms with Crippen LogP contribution in [0.5, 0.6) is 0 Å². The Labute approximate surface area is 259 Å². The predicted molar refractivity (Wildman–Crippen MR) is 204 cm³/mol. The van der Waals surface area contributed by atoms with Crippen LogP contribution in [0.15, 0.2) is 101 Å². The monoisotopic (exact) mass is 558 g/mol. The zero-order chi connectivity index (χ0) is 29.9. The van der Waals surface area contributed by atoms with Crippen molar-refractivity contribution in [1.29, 1.82) is 0 Å². The number of nitrogens with zero attached hydrogens (tertiary/aromatic N) is 1. The summed E-state index contributed by atoms with van der Waals surface area (Å²) in [5, 5.41) is 7.25. The zero-order valence-corrected chi connectivity index (χ0v) is 25.6. The molecule has 0 atom stereocenters. The standard InChI is InChI=1S/C36H27B5N2O/c37-29-28(30(38)32(40)33(41)31(29)39)24-16-17(15-23-20-9-3-6-12-27(20)44-36(23)24)43-26-11-5-2-8-19(26)22-14-13-21-18-7-1-4-10-25(18)42-34(21)35(22)43/h1-16,42H,37-41H2. The summed E-state index contributed by atoms with van der Waals surface area (Å²) in [5.74, 6) is 0. The molecule has 1 N–H and O–H groups in total. The SMILES string of the molecule is Bc1c(B)c(B)c(-c2cc(-n3c4ccccc4c4ccc5c6ccccc6[nH]c5c43)cc3c2oc2ccccc23)c(B)c1B. The van der Waals surface area contributed by atoms with Gasteiger partial charge in [-0.1, -0.05) is 77.7 Å². The number of aromatic amines is 1. The highest BCUT2D eigenvalue weighted by atomic mass is 16.3. The maximum absolute atomic E-state index is 6.70. The normalized spacial score (nSPS) is 12.1. The lowest BCUT2D eigenvalue weighted by Crippen LogP contribution is -2.55. The fourth-order valence-electron chi connectivity index (χ4n) is 7.67. The molecule has 8 heteroatoms. The molecule has 0 aliphatic carbocycles. The number of H-pyrrole nitrogens is 1. The van der Waals surface area contributed by atoms with Gasteiger partial charge in [0.05, 0.1) is 16.6 Å². The van der Waals surface area contributed by atoms with Crippen LogP contribution in [-0.4, -0.2) is 48.8 Å². The number of para-hydroxylation sites is 3. The number of hydrogen-bond acceptors (Lipinski definition) is 1. The van der Waals surface area contributed by atoms with Gasteiger partial charge in [0.2, 0.25) is 0 Å². The van der Waals surface area contributed by atoms with E-state index in [0.29, 0.717) is 0 Å². The van der Waals surface area contributed by atoms with Gasteiger partial charge in [-0.2, -0.15) is 0 Å². The Balaban J connectivity index is 1.50. The average Bonchev–Trinajstić information content (AvgIpc) is 3.72. The molecular weight excluding hydrogens is 530 g/mol. The first-order valence-electron chi connectivity index (χ1n) is 15.4. The van der Waals surface area contributed by atoms with E-state index >= 15 is 0 Å². The minimum Gasteiger partial charge on any atom is -0.455 e. The Kier molecular flexibility index (Phi) is 5.24. The molecule has 0 unspecified atom stereocenters. The molecule has 44 heavy (non-hydrogen) atoms. The molecule has 0 aliphatic heterocycles. The van der Waals surface area contributed by atoms with E-state index in [1.165, 1.54) is 65.5 Å². The second kappa shape index (κ2) is 9.03. The van der Waals surface area contributed by atoms with Crippen LogP contribution < -0.4 is 27.3 Å². The summed E-state index contributed by atoms with van der Waals surface area (Å²) >= 11 is 0. The fourth-order valence-corrected chi connectivity index (χ4v) is 7.67. The minimum atomic E-state index is 0.914. The summed E-state index contributed by atoms with van der Waals surface area (Å²) in [5.41, 5.74) is 16.8. The van der Waals surface area contributed by atoms with Crippen LogP contribution in [0.25, 0.3) is 82.4 Å². The van der Waals surface area contributed by atoms with Crippen LogP contribution in [0.2, 0.25) is 0 Å². The largest absolute Gasteiger partial charge is 0.455 e. The van der Waals surface area contributed by atoms with Gasteiger partial charge in [-0.05, 0) is 35.9 Å². The molecule has 3 aromatic heterocycles. The van der Waals surface area contributed by atoms with Crippen molar-refractivity contribution < 1.29 is 4.42 Å². The molecule has 0 amide bonds. The first kappa shape index (κ1) is 25.5. The molecule has 0 bridgehead atoms. The first-order chi connectivity index (χ1) is 21.4. The van der Waals surface area contributed by atoms with Gasteiger partial charge >= 0.3 is 0 Å². The van der Waals surface area contributed by atoms with Crippen molar-refractivity contribution in [2.24, 2.45) is 0 Å². The van der Waals surface area contributed by atoms with Crippen molar-refractivity contribution in [3.05, 3.63) is 97.1 Å². The molecule has 0 saturated heterocycles. The van der Waals surface area contributed by atoms with Crippen molar-refractivity contribution in [3.63, 3.8) is 0 Å². The highest BCUT2D eigenvalue weighted by Crippen LogP contribution is 2.42. The number of furan rings is 1. The molecule has 0 radical (unpaired) electrons. The van der Waals surface area contributed by atoms with Crippen molar-refractivity contribution in [2.75, 3.05) is 0 Å². The predicted octanol–water partition coefficient (Wildman–Crippen LogP) is 1.28. The van der Waals surface area contributed by atoms with E-state index in [4.69, 9.17) is 4.42 Å². The van der Waals surface area contributed by atoms with Gasteiger partial charge in [-0.3, -0.25) is 0 Å². The molecule has 0 saturated carbocycles. The van der Waals surface area contributed by atoms with Gasteiger partial charge in [0, 0.05) is 49.1 Å². The minimum absolute atomic E-state index is 0.914. The molecule has 3 heterocycles. The summed E-state index contributed by atoms with van der Waals surface area (Å²) < 4.78 is 9.16. The summed E-state index contributed by atoms with van der Waals surface area (Å²) in [7, 11) is 11.3. The molecule has 9 rings (SSSR count). The third kappa shape index (κ3) is 3.28. The van der Waals surface area contributed by atoms with Crippen LogP contribution in [0.1, 0.15) is 0 Å². The van der Waals surface area contributed by atoms with Crippen LogP contribution in [0.3, 0.4) is 0 Å². The summed E-state index contributed by atoms with van der Waals surface area (Å²) in [4.78, 5) is 3.80. The van der Waals surface area contributed by atoms with E-state index in [2.05, 4.69) is 146 Å². The van der Waals surface area contributed by atoms with Crippen LogP contribution in [0, 0.1) is 0 Å². The van der Waals surface area contributed by atoms with Gasteiger partial charge in [-0.25, -0.2) is 0 Å². The van der Waals surface area contributed by atoms with Crippen molar-refractivity contribution in [1.82, 2.24) is 9.55 Å². The summed E-state index contributed by atoms with van der Waals surface area (Å²) in [6.07, 6.45) is 0. The number of rotatable bonds is 2. The first-order valence-corrected chi connectivity index (χ1v) is 15.4. The van der Waals surface area contributed by atoms with Crippen molar-refractivity contribution in [3.8, 4) is 16.8 Å². The van der Waals surface area contributed by atoms with E-state index in [1.54, 1.807) is 0 Å². The maximum atomic E-state index is 6.70. The molecule has 0 spiro atoms. The van der Waals surface area contributed by atoms with Crippen LogP contribution in [-0.2, 0) is 0 Å². The van der Waals surface area contributed by atoms with Gasteiger partial charge < -0.3 is 14.0 Å². The quantitative estimate of drug-likeness (QED) is 0.320.